The highest BCUT2D eigenvalue weighted by Crippen LogP contribution is 2.25. The lowest BCUT2D eigenvalue weighted by atomic mass is 10.0. The molecule has 27 heavy (non-hydrogen) atoms. The first-order chi connectivity index (χ1) is 13.0. The molecule has 0 aliphatic rings. The highest BCUT2D eigenvalue weighted by atomic mass is 16.3. The molecule has 0 aromatic heterocycles. The summed E-state index contributed by atoms with van der Waals surface area (Å²) in [5, 5.41) is 18.1. The second-order valence-corrected chi connectivity index (χ2v) is 6.12. The van der Waals surface area contributed by atoms with Crippen molar-refractivity contribution in [3.05, 3.63) is 71.3 Å². The number of rotatable bonds is 3. The zero-order valence-corrected chi connectivity index (χ0v) is 15.0. The van der Waals surface area contributed by atoms with E-state index in [0.29, 0.717) is 11.3 Å². The number of hydrazone groups is 1. The van der Waals surface area contributed by atoms with Crippen LogP contribution in [-0.4, -0.2) is 23.1 Å². The molecular weight excluding hydrogens is 342 g/mol. The second kappa shape index (κ2) is 7.70. The molecule has 3 aromatic rings. The number of carbonyl (C=O) groups excluding carboxylic acids is 2. The van der Waals surface area contributed by atoms with Crippen LogP contribution in [0, 0.1) is 13.8 Å². The lowest BCUT2D eigenvalue weighted by molar-refractivity contribution is -0.136. The summed E-state index contributed by atoms with van der Waals surface area (Å²) in [5.41, 5.74) is 5.12. The third-order valence-corrected chi connectivity index (χ3v) is 4.37. The molecule has 0 unspecified atom stereocenters. The quantitative estimate of drug-likeness (QED) is 0.380. The molecule has 3 rings (SSSR count). The Morgan fingerprint density at radius 1 is 0.963 bits per heavy atom. The van der Waals surface area contributed by atoms with Crippen LogP contribution < -0.4 is 10.7 Å². The highest BCUT2D eigenvalue weighted by molar-refractivity contribution is 6.39. The molecule has 0 saturated carbocycles. The number of phenolic OH excluding ortho intramolecular Hbond substituents is 1. The molecule has 0 saturated heterocycles. The number of carbonyl (C=O) groups is 2. The van der Waals surface area contributed by atoms with Crippen LogP contribution in [0.3, 0.4) is 0 Å². The van der Waals surface area contributed by atoms with Gasteiger partial charge in [-0.15, -0.1) is 0 Å². The Balaban J connectivity index is 1.71. The smallest absolute Gasteiger partial charge is 0.329 e. The van der Waals surface area contributed by atoms with E-state index in [9.17, 15) is 14.7 Å². The number of fused-ring (bicyclic) bond motifs is 1. The number of phenols is 1. The third-order valence-electron chi connectivity index (χ3n) is 4.37. The first kappa shape index (κ1) is 18.1. The maximum Gasteiger partial charge on any atom is 0.329 e. The molecule has 3 N–H and O–H groups in total. The molecule has 2 amide bonds. The molecule has 6 heteroatoms. The largest absolute Gasteiger partial charge is 0.507 e. The van der Waals surface area contributed by atoms with E-state index in [1.165, 1.54) is 6.21 Å². The van der Waals surface area contributed by atoms with Gasteiger partial charge in [-0.1, -0.05) is 42.5 Å². The number of hydrogen-bond donors (Lipinski definition) is 3. The van der Waals surface area contributed by atoms with Crippen LogP contribution in [-0.2, 0) is 9.59 Å². The topological polar surface area (TPSA) is 90.8 Å². The van der Waals surface area contributed by atoms with Crippen LogP contribution in [0.15, 0.2) is 59.7 Å². The summed E-state index contributed by atoms with van der Waals surface area (Å²) in [5.74, 6) is -1.68. The van der Waals surface area contributed by atoms with Gasteiger partial charge in [-0.3, -0.25) is 9.59 Å². The van der Waals surface area contributed by atoms with Crippen molar-refractivity contribution in [2.75, 3.05) is 5.32 Å². The van der Waals surface area contributed by atoms with E-state index in [-0.39, 0.29) is 5.75 Å². The van der Waals surface area contributed by atoms with Crippen molar-refractivity contribution in [1.29, 1.82) is 0 Å². The average molecular weight is 361 g/mol. The predicted molar refractivity (Wildman–Crippen MR) is 106 cm³/mol. The summed E-state index contributed by atoms with van der Waals surface area (Å²) in [7, 11) is 0. The van der Waals surface area contributed by atoms with Gasteiger partial charge in [0.1, 0.15) is 5.75 Å². The third kappa shape index (κ3) is 3.95. The van der Waals surface area contributed by atoms with E-state index >= 15 is 0 Å². The number of nitrogens with one attached hydrogen (secondary N) is 2. The van der Waals surface area contributed by atoms with Crippen molar-refractivity contribution < 1.29 is 14.7 Å². The Morgan fingerprint density at radius 3 is 2.56 bits per heavy atom. The molecule has 0 fully saturated rings. The normalized spacial score (nSPS) is 10.9. The molecule has 136 valence electrons. The Morgan fingerprint density at radius 2 is 1.74 bits per heavy atom. The molecule has 0 heterocycles. The van der Waals surface area contributed by atoms with Crippen LogP contribution in [0.4, 0.5) is 5.69 Å². The molecule has 0 spiro atoms. The highest BCUT2D eigenvalue weighted by Gasteiger charge is 2.14. The van der Waals surface area contributed by atoms with Crippen molar-refractivity contribution in [3.8, 4) is 5.75 Å². The first-order valence-electron chi connectivity index (χ1n) is 8.38. The lowest BCUT2D eigenvalue weighted by Gasteiger charge is -2.09. The van der Waals surface area contributed by atoms with Gasteiger partial charge in [0.25, 0.3) is 0 Å². The summed E-state index contributed by atoms with van der Waals surface area (Å²) in [4.78, 5) is 24.0. The van der Waals surface area contributed by atoms with E-state index in [1.54, 1.807) is 24.3 Å². The molecule has 0 radical (unpaired) electrons. The van der Waals surface area contributed by atoms with E-state index < -0.39 is 11.8 Å². The number of hydrogen-bond acceptors (Lipinski definition) is 4. The van der Waals surface area contributed by atoms with Gasteiger partial charge in [0.15, 0.2) is 0 Å². The number of aryl methyl sites for hydroxylation is 1. The van der Waals surface area contributed by atoms with Gasteiger partial charge in [0.05, 0.1) is 6.21 Å². The average Bonchev–Trinajstić information content (AvgIpc) is 2.67. The zero-order valence-electron chi connectivity index (χ0n) is 15.0. The van der Waals surface area contributed by atoms with Crippen molar-refractivity contribution in [1.82, 2.24) is 5.43 Å². The molecule has 3 aromatic carbocycles. The van der Waals surface area contributed by atoms with Crippen LogP contribution in [0.1, 0.15) is 16.7 Å². The minimum absolute atomic E-state index is 0.0338. The minimum atomic E-state index is -0.896. The van der Waals surface area contributed by atoms with Gasteiger partial charge in [-0.05, 0) is 47.9 Å². The van der Waals surface area contributed by atoms with Crippen LogP contribution in [0.5, 0.6) is 5.75 Å². The lowest BCUT2D eigenvalue weighted by Crippen LogP contribution is -2.32. The zero-order chi connectivity index (χ0) is 19.4. The number of nitrogens with zero attached hydrogens (tertiary/aromatic N) is 1. The first-order valence-corrected chi connectivity index (χ1v) is 8.38. The molecule has 0 atom stereocenters. The summed E-state index contributed by atoms with van der Waals surface area (Å²) < 4.78 is 0. The molecule has 0 aliphatic carbocycles. The van der Waals surface area contributed by atoms with Crippen LogP contribution in [0.2, 0.25) is 0 Å². The van der Waals surface area contributed by atoms with Crippen molar-refractivity contribution in [2.45, 2.75) is 13.8 Å². The SMILES string of the molecule is Cc1cccc(NC(=O)C(=O)N/N=C/c2c(O)ccc3ccccc23)c1C. The van der Waals surface area contributed by atoms with Gasteiger partial charge in [-0.25, -0.2) is 5.43 Å². The van der Waals surface area contributed by atoms with E-state index in [1.807, 2.05) is 44.2 Å². The van der Waals surface area contributed by atoms with E-state index in [2.05, 4.69) is 15.8 Å². The maximum atomic E-state index is 12.1. The number of anilines is 1. The number of benzene rings is 3. The van der Waals surface area contributed by atoms with Gasteiger partial charge >= 0.3 is 11.8 Å². The van der Waals surface area contributed by atoms with Gasteiger partial charge in [0.2, 0.25) is 0 Å². The van der Waals surface area contributed by atoms with Crippen LogP contribution >= 0.6 is 0 Å². The summed E-state index contributed by atoms with van der Waals surface area (Å²) in [6.07, 6.45) is 1.32. The summed E-state index contributed by atoms with van der Waals surface area (Å²) in [6.45, 7) is 3.79. The molecular formula is C21H19N3O3. The monoisotopic (exact) mass is 361 g/mol. The van der Waals surface area contributed by atoms with Crippen molar-refractivity contribution in [2.24, 2.45) is 5.10 Å². The Bertz CT molecular complexity index is 1060. The molecule has 0 aliphatic heterocycles. The molecule has 0 bridgehead atoms. The fourth-order valence-electron chi connectivity index (χ4n) is 2.69. The Kier molecular flexibility index (Phi) is 5.17. The second-order valence-electron chi connectivity index (χ2n) is 6.12. The van der Waals surface area contributed by atoms with Crippen molar-refractivity contribution >= 4 is 34.5 Å². The van der Waals surface area contributed by atoms with E-state index in [0.717, 1.165) is 21.9 Å². The summed E-state index contributed by atoms with van der Waals surface area (Å²) >= 11 is 0. The minimum Gasteiger partial charge on any atom is -0.507 e. The fourth-order valence-corrected chi connectivity index (χ4v) is 2.69. The fraction of sp³-hybridized carbons (Fsp3) is 0.0952. The Hall–Kier alpha value is -3.67. The van der Waals surface area contributed by atoms with Gasteiger partial charge in [-0.2, -0.15) is 5.10 Å². The standard InChI is InChI=1S/C21H19N3O3/c1-13-6-5-9-18(14(13)2)23-20(26)21(27)24-22-12-17-16-8-4-3-7-15(16)10-11-19(17)25/h3-12,25H,1-2H3,(H,23,26)(H,24,27)/b22-12+. The molecule has 6 nitrogen and oxygen atoms in total. The van der Waals surface area contributed by atoms with Crippen molar-refractivity contribution in [3.63, 3.8) is 0 Å². The predicted octanol–water partition coefficient (Wildman–Crippen LogP) is 3.25. The Labute approximate surface area is 156 Å². The van der Waals surface area contributed by atoms with Gasteiger partial charge in [0, 0.05) is 11.3 Å². The van der Waals surface area contributed by atoms with Crippen LogP contribution in [0.25, 0.3) is 10.8 Å². The number of aromatic hydroxyl groups is 1. The summed E-state index contributed by atoms with van der Waals surface area (Å²) in [6, 6.07) is 16.3. The van der Waals surface area contributed by atoms with E-state index in [4.69, 9.17) is 0 Å². The maximum absolute atomic E-state index is 12.1. The van der Waals surface area contributed by atoms with Gasteiger partial charge < -0.3 is 10.4 Å². The number of amides is 2.